The topological polar surface area (TPSA) is 66.8 Å². The number of nitrogens with zero attached hydrogens (tertiary/aromatic N) is 1. The van der Waals surface area contributed by atoms with Crippen molar-refractivity contribution in [2.45, 2.75) is 6.42 Å². The van der Waals surface area contributed by atoms with E-state index in [1.54, 1.807) is 6.08 Å². The molecule has 1 heterocycles. The fourth-order valence-corrected chi connectivity index (χ4v) is 1.89. The van der Waals surface area contributed by atoms with Crippen LogP contribution in [0.5, 0.6) is 5.75 Å². The predicted molar refractivity (Wildman–Crippen MR) is 69.9 cm³/mol. The quantitative estimate of drug-likeness (QED) is 0.826. The van der Waals surface area contributed by atoms with Gasteiger partial charge in [-0.3, -0.25) is 9.59 Å². The Balaban J connectivity index is 2.02. The fraction of sp³-hybridized carbons (Fsp3) is 0.286. The van der Waals surface area contributed by atoms with E-state index in [4.69, 9.17) is 9.84 Å². The van der Waals surface area contributed by atoms with Crippen molar-refractivity contribution in [3.05, 3.63) is 35.4 Å². The third-order valence-corrected chi connectivity index (χ3v) is 2.88. The highest BCUT2D eigenvalue weighted by atomic mass is 16.5. The zero-order valence-electron chi connectivity index (χ0n) is 10.6. The minimum absolute atomic E-state index is 0.304. The first-order valence-electron chi connectivity index (χ1n) is 5.97. The maximum Gasteiger partial charge on any atom is 0.323 e. The van der Waals surface area contributed by atoms with Gasteiger partial charge in [0.25, 0.3) is 0 Å². The second-order valence-electron chi connectivity index (χ2n) is 4.39. The number of benzene rings is 1. The van der Waals surface area contributed by atoms with E-state index in [-0.39, 0.29) is 12.5 Å². The molecule has 2 rings (SSSR count). The Morgan fingerprint density at radius 2 is 2.26 bits per heavy atom. The van der Waals surface area contributed by atoms with Crippen molar-refractivity contribution in [3.63, 3.8) is 0 Å². The van der Waals surface area contributed by atoms with Gasteiger partial charge in [-0.2, -0.15) is 0 Å². The number of likely N-dealkylation sites (N-methyl/N-ethyl adjacent to an activating group) is 1. The Hall–Kier alpha value is -2.30. The van der Waals surface area contributed by atoms with E-state index in [2.05, 4.69) is 0 Å². The van der Waals surface area contributed by atoms with Crippen LogP contribution in [0.15, 0.2) is 24.3 Å². The lowest BCUT2D eigenvalue weighted by Crippen LogP contribution is -2.30. The molecule has 1 aliphatic rings. The molecular formula is C14H15NO4. The first-order valence-corrected chi connectivity index (χ1v) is 5.97. The highest BCUT2D eigenvalue weighted by Crippen LogP contribution is 2.26. The molecule has 5 heteroatoms. The number of carboxylic acids is 1. The Bertz CT molecular complexity index is 536. The summed E-state index contributed by atoms with van der Waals surface area (Å²) < 4.78 is 5.40. The first kappa shape index (κ1) is 13.1. The Kier molecular flexibility index (Phi) is 3.85. The number of carbonyl (C=O) groups excluding carboxylic acids is 1. The molecule has 100 valence electrons. The van der Waals surface area contributed by atoms with Gasteiger partial charge >= 0.3 is 5.97 Å². The summed E-state index contributed by atoms with van der Waals surface area (Å²) in [7, 11) is 1.46. The summed E-state index contributed by atoms with van der Waals surface area (Å²) in [6.45, 7) is 0.393. The SMILES string of the molecule is CN(CC(=O)O)C(=O)/C=C/c1ccc2c(c1)CCO2. The molecule has 1 N–H and O–H groups in total. The second-order valence-corrected chi connectivity index (χ2v) is 4.39. The summed E-state index contributed by atoms with van der Waals surface area (Å²) in [6.07, 6.45) is 3.93. The monoisotopic (exact) mass is 261 g/mol. The molecule has 1 aromatic rings. The van der Waals surface area contributed by atoms with Crippen LogP contribution in [-0.4, -0.2) is 42.1 Å². The molecule has 0 aromatic heterocycles. The molecular weight excluding hydrogens is 246 g/mol. The number of ether oxygens (including phenoxy) is 1. The van der Waals surface area contributed by atoms with Gasteiger partial charge in [0.15, 0.2) is 0 Å². The average Bonchev–Trinajstić information content (AvgIpc) is 2.82. The Morgan fingerprint density at radius 1 is 1.47 bits per heavy atom. The smallest absolute Gasteiger partial charge is 0.323 e. The number of fused-ring (bicyclic) bond motifs is 1. The molecule has 5 nitrogen and oxygen atoms in total. The minimum atomic E-state index is -1.03. The highest BCUT2D eigenvalue weighted by molar-refractivity contribution is 5.93. The van der Waals surface area contributed by atoms with E-state index in [9.17, 15) is 9.59 Å². The van der Waals surface area contributed by atoms with Crippen molar-refractivity contribution in [1.82, 2.24) is 4.90 Å². The van der Waals surface area contributed by atoms with E-state index >= 15 is 0 Å². The molecule has 0 saturated heterocycles. The number of amides is 1. The van der Waals surface area contributed by atoms with Gasteiger partial charge in [-0.05, 0) is 29.3 Å². The van der Waals surface area contributed by atoms with E-state index < -0.39 is 5.97 Å². The van der Waals surface area contributed by atoms with Crippen LogP contribution in [0.4, 0.5) is 0 Å². The van der Waals surface area contributed by atoms with Crippen LogP contribution < -0.4 is 4.74 Å². The van der Waals surface area contributed by atoms with E-state index in [0.29, 0.717) is 6.61 Å². The van der Waals surface area contributed by atoms with Gasteiger partial charge in [0.05, 0.1) is 6.61 Å². The van der Waals surface area contributed by atoms with Crippen molar-refractivity contribution in [3.8, 4) is 5.75 Å². The van der Waals surface area contributed by atoms with Gasteiger partial charge in [-0.1, -0.05) is 6.07 Å². The standard InChI is InChI=1S/C14H15NO4/c1-15(9-14(17)18)13(16)5-3-10-2-4-12-11(8-10)6-7-19-12/h2-5,8H,6-7,9H2,1H3,(H,17,18)/b5-3+. The maximum atomic E-state index is 11.6. The number of carbonyl (C=O) groups is 2. The summed E-state index contributed by atoms with van der Waals surface area (Å²) in [4.78, 5) is 23.3. The van der Waals surface area contributed by atoms with Crippen molar-refractivity contribution < 1.29 is 19.4 Å². The van der Waals surface area contributed by atoms with Crippen LogP contribution in [0, 0.1) is 0 Å². The largest absolute Gasteiger partial charge is 0.493 e. The van der Waals surface area contributed by atoms with Crippen molar-refractivity contribution in [2.24, 2.45) is 0 Å². The van der Waals surface area contributed by atoms with Gasteiger partial charge in [0, 0.05) is 19.5 Å². The summed E-state index contributed by atoms with van der Waals surface area (Å²) in [6, 6.07) is 5.72. The molecule has 0 atom stereocenters. The van der Waals surface area contributed by atoms with Crippen molar-refractivity contribution in [1.29, 1.82) is 0 Å². The average molecular weight is 261 g/mol. The summed E-state index contributed by atoms with van der Waals surface area (Å²) >= 11 is 0. The number of aliphatic carboxylic acids is 1. The lowest BCUT2D eigenvalue weighted by atomic mass is 10.1. The third kappa shape index (κ3) is 3.34. The number of rotatable bonds is 4. The zero-order chi connectivity index (χ0) is 13.8. The van der Waals surface area contributed by atoms with E-state index in [1.165, 1.54) is 13.1 Å². The second kappa shape index (κ2) is 5.56. The minimum Gasteiger partial charge on any atom is -0.493 e. The van der Waals surface area contributed by atoms with E-state index in [0.717, 1.165) is 28.2 Å². The molecule has 1 aliphatic heterocycles. The first-order chi connectivity index (χ1) is 9.06. The predicted octanol–water partition coefficient (Wildman–Crippen LogP) is 1.18. The molecule has 0 saturated carbocycles. The van der Waals surface area contributed by atoms with Gasteiger partial charge < -0.3 is 14.7 Å². The number of hydrogen-bond acceptors (Lipinski definition) is 3. The molecule has 0 spiro atoms. The molecule has 1 aromatic carbocycles. The molecule has 0 unspecified atom stereocenters. The van der Waals surface area contributed by atoms with Gasteiger partial charge in [0.1, 0.15) is 12.3 Å². The van der Waals surface area contributed by atoms with Crippen LogP contribution in [0.25, 0.3) is 6.08 Å². The zero-order valence-corrected chi connectivity index (χ0v) is 10.6. The molecule has 0 fully saturated rings. The van der Waals surface area contributed by atoms with Gasteiger partial charge in [-0.15, -0.1) is 0 Å². The van der Waals surface area contributed by atoms with Crippen LogP contribution >= 0.6 is 0 Å². The van der Waals surface area contributed by atoms with Crippen LogP contribution in [0.1, 0.15) is 11.1 Å². The van der Waals surface area contributed by atoms with E-state index in [1.807, 2.05) is 18.2 Å². The number of carboxylic acid groups (broad SMARTS) is 1. The number of hydrogen-bond donors (Lipinski definition) is 1. The maximum absolute atomic E-state index is 11.6. The van der Waals surface area contributed by atoms with Gasteiger partial charge in [0.2, 0.25) is 5.91 Å². The molecule has 0 aliphatic carbocycles. The molecule has 1 amide bonds. The Labute approximate surface area is 111 Å². The summed E-state index contributed by atoms with van der Waals surface area (Å²) in [5.74, 6) is -0.468. The lowest BCUT2D eigenvalue weighted by molar-refractivity contribution is -0.141. The highest BCUT2D eigenvalue weighted by Gasteiger charge is 2.12. The van der Waals surface area contributed by atoms with Crippen LogP contribution in [0.3, 0.4) is 0 Å². The van der Waals surface area contributed by atoms with Crippen molar-refractivity contribution >= 4 is 18.0 Å². The lowest BCUT2D eigenvalue weighted by Gasteiger charge is -2.11. The van der Waals surface area contributed by atoms with Crippen LogP contribution in [-0.2, 0) is 16.0 Å². The molecule has 19 heavy (non-hydrogen) atoms. The summed E-state index contributed by atoms with van der Waals surface area (Å²) in [5, 5.41) is 8.59. The normalized spacial score (nSPS) is 13.1. The Morgan fingerprint density at radius 3 is 3.00 bits per heavy atom. The van der Waals surface area contributed by atoms with Gasteiger partial charge in [-0.25, -0.2) is 0 Å². The summed E-state index contributed by atoms with van der Waals surface area (Å²) in [5.41, 5.74) is 2.04. The fourth-order valence-electron chi connectivity index (χ4n) is 1.89. The third-order valence-electron chi connectivity index (χ3n) is 2.88. The molecule has 0 bridgehead atoms. The molecule has 0 radical (unpaired) electrons. The van der Waals surface area contributed by atoms with Crippen LogP contribution in [0.2, 0.25) is 0 Å². The van der Waals surface area contributed by atoms with Crippen molar-refractivity contribution in [2.75, 3.05) is 20.2 Å².